The first kappa shape index (κ1) is 18.0. The van der Waals surface area contributed by atoms with Crippen molar-refractivity contribution in [2.45, 2.75) is 65.3 Å². The van der Waals surface area contributed by atoms with Crippen molar-refractivity contribution >= 4 is 33.5 Å². The largest absolute Gasteiger partial charge is 0.313 e. The van der Waals surface area contributed by atoms with E-state index in [2.05, 4.69) is 32.0 Å². The van der Waals surface area contributed by atoms with Crippen molar-refractivity contribution in [2.24, 2.45) is 0 Å². The van der Waals surface area contributed by atoms with Gasteiger partial charge in [0.1, 0.15) is 16.3 Å². The number of fused-ring (bicyclic) bond motifs is 3. The van der Waals surface area contributed by atoms with Crippen molar-refractivity contribution in [3.05, 3.63) is 28.2 Å². The highest BCUT2D eigenvalue weighted by atomic mass is 32.1. The summed E-state index contributed by atoms with van der Waals surface area (Å²) in [5, 5.41) is 12.7. The molecule has 1 aliphatic heterocycles. The highest BCUT2D eigenvalue weighted by Crippen LogP contribution is 2.25. The molecule has 0 spiro atoms. The van der Waals surface area contributed by atoms with Crippen LogP contribution >= 0.6 is 11.3 Å². The van der Waals surface area contributed by atoms with Gasteiger partial charge in [-0.2, -0.15) is 0 Å². The van der Waals surface area contributed by atoms with Crippen LogP contribution < -0.4 is 5.32 Å². The normalized spacial score (nSPS) is 14.1. The Morgan fingerprint density at radius 2 is 2.15 bits per heavy atom. The molecule has 4 rings (SSSR count). The lowest BCUT2D eigenvalue weighted by atomic mass is 10.2. The molecule has 1 aliphatic rings. The van der Waals surface area contributed by atoms with Crippen LogP contribution in [0.3, 0.4) is 0 Å². The maximum absolute atomic E-state index is 12.9. The van der Waals surface area contributed by atoms with Crippen molar-refractivity contribution in [1.82, 2.24) is 24.7 Å². The van der Waals surface area contributed by atoms with E-state index >= 15 is 0 Å². The fourth-order valence-electron chi connectivity index (χ4n) is 3.49. The Balaban J connectivity index is 1.64. The maximum atomic E-state index is 12.9. The number of amides is 1. The third kappa shape index (κ3) is 3.71. The van der Waals surface area contributed by atoms with Gasteiger partial charge in [0.15, 0.2) is 5.65 Å². The highest BCUT2D eigenvalue weighted by molar-refractivity contribution is 7.15. The van der Waals surface area contributed by atoms with E-state index in [1.807, 2.05) is 13.0 Å². The molecule has 3 aromatic heterocycles. The number of nitrogens with zero attached hydrogens (tertiary/aromatic N) is 5. The van der Waals surface area contributed by atoms with E-state index in [1.165, 1.54) is 17.8 Å². The summed E-state index contributed by atoms with van der Waals surface area (Å²) in [7, 11) is 0. The second kappa shape index (κ2) is 7.72. The third-order valence-corrected chi connectivity index (χ3v) is 5.77. The average Bonchev–Trinajstić information content (AvgIpc) is 3.16. The SMILES string of the molecule is CCCCc1nnc(NC(=O)c2cc(C)nc3c2nc2n3CCCCC2)s1. The van der Waals surface area contributed by atoms with Crippen molar-refractivity contribution in [1.29, 1.82) is 0 Å². The standard InChI is InChI=1S/C19H24N6OS/c1-3-4-9-15-23-24-19(27-15)22-18(26)13-11-12(2)20-17-16(13)21-14-8-6-5-7-10-25(14)17/h11H,3-10H2,1-2H3,(H,22,24,26). The molecule has 1 N–H and O–H groups in total. The number of aromatic nitrogens is 5. The second-order valence-electron chi connectivity index (χ2n) is 7.03. The number of carbonyl (C=O) groups excluding carboxylic acids is 1. The minimum atomic E-state index is -0.197. The topological polar surface area (TPSA) is 85.6 Å². The first-order valence-corrected chi connectivity index (χ1v) is 10.5. The van der Waals surface area contributed by atoms with Gasteiger partial charge in [-0.3, -0.25) is 10.1 Å². The van der Waals surface area contributed by atoms with E-state index in [1.54, 1.807) is 0 Å². The van der Waals surface area contributed by atoms with Gasteiger partial charge in [-0.25, -0.2) is 9.97 Å². The average molecular weight is 385 g/mol. The fraction of sp³-hybridized carbons (Fsp3) is 0.526. The van der Waals surface area contributed by atoms with Gasteiger partial charge in [0, 0.05) is 25.1 Å². The summed E-state index contributed by atoms with van der Waals surface area (Å²) >= 11 is 1.44. The maximum Gasteiger partial charge on any atom is 0.259 e. The molecule has 4 heterocycles. The minimum absolute atomic E-state index is 0.197. The van der Waals surface area contributed by atoms with Crippen LogP contribution in [-0.4, -0.2) is 30.6 Å². The zero-order valence-corrected chi connectivity index (χ0v) is 16.6. The molecule has 1 amide bonds. The van der Waals surface area contributed by atoms with Gasteiger partial charge < -0.3 is 4.57 Å². The van der Waals surface area contributed by atoms with Gasteiger partial charge in [-0.05, 0) is 32.3 Å². The zero-order valence-electron chi connectivity index (χ0n) is 15.8. The smallest absolute Gasteiger partial charge is 0.259 e. The predicted octanol–water partition coefficient (Wildman–Crippen LogP) is 3.91. The molecule has 0 bridgehead atoms. The van der Waals surface area contributed by atoms with Gasteiger partial charge >= 0.3 is 0 Å². The zero-order chi connectivity index (χ0) is 18.8. The molecule has 0 fully saturated rings. The lowest BCUT2D eigenvalue weighted by Crippen LogP contribution is -2.13. The summed E-state index contributed by atoms with van der Waals surface area (Å²) in [4.78, 5) is 22.4. The monoisotopic (exact) mass is 384 g/mol. The summed E-state index contributed by atoms with van der Waals surface area (Å²) in [6, 6.07) is 1.81. The number of hydrogen-bond donors (Lipinski definition) is 1. The third-order valence-electron chi connectivity index (χ3n) is 4.87. The molecule has 0 aromatic carbocycles. The first-order chi connectivity index (χ1) is 13.2. The summed E-state index contributed by atoms with van der Waals surface area (Å²) in [6.45, 7) is 4.98. The van der Waals surface area contributed by atoms with Crippen LogP contribution in [0, 0.1) is 6.92 Å². The summed E-state index contributed by atoms with van der Waals surface area (Å²) in [5.41, 5.74) is 2.88. The number of carbonyl (C=O) groups is 1. The van der Waals surface area contributed by atoms with Gasteiger partial charge in [-0.15, -0.1) is 10.2 Å². The predicted molar refractivity (Wildman–Crippen MR) is 106 cm³/mol. The summed E-state index contributed by atoms with van der Waals surface area (Å²) in [6.07, 6.45) is 7.50. The number of pyridine rings is 1. The van der Waals surface area contributed by atoms with Crippen LogP contribution in [-0.2, 0) is 19.4 Å². The second-order valence-corrected chi connectivity index (χ2v) is 8.09. The lowest BCUT2D eigenvalue weighted by molar-refractivity contribution is 0.102. The minimum Gasteiger partial charge on any atom is -0.313 e. The molecule has 142 valence electrons. The Morgan fingerprint density at radius 1 is 1.26 bits per heavy atom. The molecule has 3 aromatic rings. The molecule has 7 nitrogen and oxygen atoms in total. The van der Waals surface area contributed by atoms with Gasteiger partial charge in [0.2, 0.25) is 5.13 Å². The van der Waals surface area contributed by atoms with Crippen molar-refractivity contribution in [2.75, 3.05) is 5.32 Å². The van der Waals surface area contributed by atoms with Crippen LogP contribution in [0.1, 0.15) is 65.9 Å². The molecule has 0 radical (unpaired) electrons. The Labute approximate surface area is 162 Å². The van der Waals surface area contributed by atoms with Crippen molar-refractivity contribution < 1.29 is 4.79 Å². The van der Waals surface area contributed by atoms with E-state index < -0.39 is 0 Å². The van der Waals surface area contributed by atoms with Crippen LogP contribution in [0.4, 0.5) is 5.13 Å². The Bertz CT molecular complexity index is 976. The number of imidazole rings is 1. The molecule has 0 atom stereocenters. The molecule has 8 heteroatoms. The molecule has 27 heavy (non-hydrogen) atoms. The quantitative estimate of drug-likeness (QED) is 0.721. The first-order valence-electron chi connectivity index (χ1n) is 9.66. The molecular weight excluding hydrogens is 360 g/mol. The summed E-state index contributed by atoms with van der Waals surface area (Å²) < 4.78 is 2.18. The van der Waals surface area contributed by atoms with E-state index in [0.29, 0.717) is 16.2 Å². The number of anilines is 1. The molecular formula is C19H24N6OS. The van der Waals surface area contributed by atoms with Crippen LogP contribution in [0.15, 0.2) is 6.07 Å². The number of unbranched alkanes of at least 4 members (excludes halogenated alkanes) is 1. The van der Waals surface area contributed by atoms with E-state index in [4.69, 9.17) is 4.98 Å². The van der Waals surface area contributed by atoms with Crippen LogP contribution in [0.5, 0.6) is 0 Å². The Hall–Kier alpha value is -2.35. The number of rotatable bonds is 5. The van der Waals surface area contributed by atoms with Crippen LogP contribution in [0.25, 0.3) is 11.2 Å². The highest BCUT2D eigenvalue weighted by Gasteiger charge is 2.21. The Kier molecular flexibility index (Phi) is 5.15. The van der Waals surface area contributed by atoms with Crippen molar-refractivity contribution in [3.63, 3.8) is 0 Å². The Morgan fingerprint density at radius 3 is 3.00 bits per heavy atom. The molecule has 0 aliphatic carbocycles. The van der Waals surface area contributed by atoms with E-state index in [-0.39, 0.29) is 5.91 Å². The van der Waals surface area contributed by atoms with Crippen LogP contribution in [0.2, 0.25) is 0 Å². The number of hydrogen-bond acceptors (Lipinski definition) is 6. The number of nitrogens with one attached hydrogen (secondary N) is 1. The molecule has 0 saturated carbocycles. The van der Waals surface area contributed by atoms with Gasteiger partial charge in [0.25, 0.3) is 5.91 Å². The van der Waals surface area contributed by atoms with E-state index in [0.717, 1.165) is 67.2 Å². The summed E-state index contributed by atoms with van der Waals surface area (Å²) in [5.74, 6) is 0.837. The number of aryl methyl sites for hydroxylation is 4. The molecule has 0 saturated heterocycles. The molecule has 0 unspecified atom stereocenters. The van der Waals surface area contributed by atoms with Crippen molar-refractivity contribution in [3.8, 4) is 0 Å². The fourth-order valence-corrected chi connectivity index (χ4v) is 4.26. The van der Waals surface area contributed by atoms with Gasteiger partial charge in [-0.1, -0.05) is 31.1 Å². The van der Waals surface area contributed by atoms with Gasteiger partial charge in [0.05, 0.1) is 5.56 Å². The lowest BCUT2D eigenvalue weighted by Gasteiger charge is -2.06. The van der Waals surface area contributed by atoms with E-state index in [9.17, 15) is 4.79 Å².